The highest BCUT2D eigenvalue weighted by Crippen LogP contribution is 2.28. The molecule has 0 bridgehead atoms. The van der Waals surface area contributed by atoms with E-state index in [1.807, 2.05) is 0 Å². The van der Waals surface area contributed by atoms with Gasteiger partial charge in [0.05, 0.1) is 22.4 Å². The van der Waals surface area contributed by atoms with Crippen LogP contribution >= 0.6 is 15.9 Å². The number of anilines is 1. The molecule has 0 fully saturated rings. The lowest BCUT2D eigenvalue weighted by Crippen LogP contribution is -2.12. The van der Waals surface area contributed by atoms with Crippen molar-refractivity contribution < 1.29 is 9.72 Å². The number of nitro groups is 1. The lowest BCUT2D eigenvalue weighted by atomic mass is 10.2. The third-order valence-electron chi connectivity index (χ3n) is 2.18. The second-order valence-electron chi connectivity index (χ2n) is 3.34. The Labute approximate surface area is 109 Å². The van der Waals surface area contributed by atoms with Crippen molar-refractivity contribution in [2.24, 2.45) is 0 Å². The second kappa shape index (κ2) is 4.96. The Kier molecular flexibility index (Phi) is 3.38. The highest BCUT2D eigenvalue weighted by molar-refractivity contribution is 9.10. The van der Waals surface area contributed by atoms with Gasteiger partial charge < -0.3 is 5.32 Å². The Hall–Kier alpha value is -2.22. The van der Waals surface area contributed by atoms with Gasteiger partial charge in [0.15, 0.2) is 0 Å². The van der Waals surface area contributed by atoms with Crippen molar-refractivity contribution in [3.05, 3.63) is 50.7 Å². The van der Waals surface area contributed by atoms with E-state index in [-0.39, 0.29) is 15.7 Å². The molecular formula is C10H7BrN4O3. The zero-order valence-corrected chi connectivity index (χ0v) is 10.5. The molecule has 1 aromatic carbocycles. The number of carbonyl (C=O) groups is 1. The molecule has 2 N–H and O–H groups in total. The fraction of sp³-hybridized carbons (Fsp3) is 0. The number of aromatic nitrogens is 2. The fourth-order valence-corrected chi connectivity index (χ4v) is 1.94. The van der Waals surface area contributed by atoms with Gasteiger partial charge in [-0.2, -0.15) is 5.10 Å². The molecule has 0 spiro atoms. The van der Waals surface area contributed by atoms with Crippen LogP contribution in [0.3, 0.4) is 0 Å². The molecule has 8 heteroatoms. The van der Waals surface area contributed by atoms with Crippen LogP contribution in [0.1, 0.15) is 10.4 Å². The summed E-state index contributed by atoms with van der Waals surface area (Å²) in [5, 5.41) is 19.5. The summed E-state index contributed by atoms with van der Waals surface area (Å²) in [4.78, 5) is 22.1. The van der Waals surface area contributed by atoms with Gasteiger partial charge in [0.2, 0.25) is 0 Å². The number of nitrogens with zero attached hydrogens (tertiary/aromatic N) is 2. The van der Waals surface area contributed by atoms with Crippen LogP contribution in [0.25, 0.3) is 0 Å². The Bertz CT molecular complexity index is 597. The molecule has 0 aliphatic heterocycles. The van der Waals surface area contributed by atoms with Gasteiger partial charge >= 0.3 is 0 Å². The molecule has 0 saturated heterocycles. The zero-order chi connectivity index (χ0) is 13.1. The number of carbonyl (C=O) groups excluding carboxylic acids is 1. The molecule has 0 radical (unpaired) electrons. The fourth-order valence-electron chi connectivity index (χ4n) is 1.35. The number of aromatic amines is 1. The van der Waals surface area contributed by atoms with Gasteiger partial charge in [-0.15, -0.1) is 0 Å². The van der Waals surface area contributed by atoms with Crippen LogP contribution in [-0.4, -0.2) is 21.0 Å². The molecule has 1 amide bonds. The van der Waals surface area contributed by atoms with Crippen LogP contribution in [0.2, 0.25) is 0 Å². The van der Waals surface area contributed by atoms with E-state index in [4.69, 9.17) is 0 Å². The zero-order valence-electron chi connectivity index (χ0n) is 8.88. The smallest absolute Gasteiger partial charge is 0.284 e. The summed E-state index contributed by atoms with van der Waals surface area (Å²) in [6.45, 7) is 0. The molecule has 18 heavy (non-hydrogen) atoms. The van der Waals surface area contributed by atoms with Crippen molar-refractivity contribution in [3.63, 3.8) is 0 Å². The highest BCUT2D eigenvalue weighted by atomic mass is 79.9. The van der Waals surface area contributed by atoms with Crippen LogP contribution in [-0.2, 0) is 0 Å². The van der Waals surface area contributed by atoms with Crippen LogP contribution < -0.4 is 5.32 Å². The summed E-state index contributed by atoms with van der Waals surface area (Å²) in [7, 11) is 0. The predicted molar refractivity (Wildman–Crippen MR) is 67.3 cm³/mol. The molecule has 1 heterocycles. The van der Waals surface area contributed by atoms with Crippen LogP contribution in [0.5, 0.6) is 0 Å². The quantitative estimate of drug-likeness (QED) is 0.671. The Morgan fingerprint density at radius 3 is 2.89 bits per heavy atom. The first-order valence-corrected chi connectivity index (χ1v) is 5.62. The van der Waals surface area contributed by atoms with Gasteiger partial charge in [0, 0.05) is 12.3 Å². The van der Waals surface area contributed by atoms with E-state index in [9.17, 15) is 14.9 Å². The van der Waals surface area contributed by atoms with Gasteiger partial charge in [0.1, 0.15) is 4.47 Å². The molecule has 0 saturated carbocycles. The minimum absolute atomic E-state index is 0.149. The molecule has 0 atom stereocenters. The number of rotatable bonds is 3. The van der Waals surface area contributed by atoms with Crippen molar-refractivity contribution in [1.29, 1.82) is 0 Å². The van der Waals surface area contributed by atoms with Crippen molar-refractivity contribution in [3.8, 4) is 0 Å². The largest absolute Gasteiger partial charge is 0.319 e. The molecule has 0 unspecified atom stereocenters. The summed E-state index contributed by atoms with van der Waals surface area (Å²) in [5.74, 6) is -0.452. The van der Waals surface area contributed by atoms with E-state index in [1.54, 1.807) is 0 Å². The van der Waals surface area contributed by atoms with Crippen LogP contribution in [0.15, 0.2) is 35.1 Å². The minimum atomic E-state index is -0.557. The van der Waals surface area contributed by atoms with E-state index in [0.29, 0.717) is 5.69 Å². The molecular weight excluding hydrogens is 304 g/mol. The highest BCUT2D eigenvalue weighted by Gasteiger charge is 2.19. The first-order chi connectivity index (χ1) is 8.59. The number of hydrogen-bond donors (Lipinski definition) is 2. The number of benzene rings is 1. The molecule has 7 nitrogen and oxygen atoms in total. The Morgan fingerprint density at radius 1 is 1.50 bits per heavy atom. The standard InChI is InChI=1S/C10H7BrN4O3/c11-9-7(2-1-3-8(9)15(17)18)10(16)14-6-4-12-13-5-6/h1-5H,(H,12,13)(H,14,16). The monoisotopic (exact) mass is 310 g/mol. The van der Waals surface area contributed by atoms with Crippen LogP contribution in [0, 0.1) is 10.1 Å². The lowest BCUT2D eigenvalue weighted by Gasteiger charge is -2.04. The van der Waals surface area contributed by atoms with E-state index >= 15 is 0 Å². The van der Waals surface area contributed by atoms with E-state index < -0.39 is 10.8 Å². The van der Waals surface area contributed by atoms with Gasteiger partial charge in [-0.05, 0) is 22.0 Å². The van der Waals surface area contributed by atoms with Crippen molar-refractivity contribution >= 4 is 33.2 Å². The third kappa shape index (κ3) is 2.38. The number of nitro benzene ring substituents is 1. The average molecular weight is 311 g/mol. The number of hydrogen-bond acceptors (Lipinski definition) is 4. The Balaban J connectivity index is 2.31. The molecule has 0 aliphatic carbocycles. The van der Waals surface area contributed by atoms with Gasteiger partial charge in [0.25, 0.3) is 11.6 Å². The lowest BCUT2D eigenvalue weighted by molar-refractivity contribution is -0.385. The summed E-state index contributed by atoms with van der Waals surface area (Å²) < 4.78 is 0.149. The van der Waals surface area contributed by atoms with Crippen molar-refractivity contribution in [2.45, 2.75) is 0 Å². The van der Waals surface area contributed by atoms with Gasteiger partial charge in [-0.1, -0.05) is 6.07 Å². The number of nitrogens with one attached hydrogen (secondary N) is 2. The normalized spacial score (nSPS) is 10.1. The summed E-state index contributed by atoms with van der Waals surface area (Å²) in [5.41, 5.74) is 0.513. The molecule has 92 valence electrons. The van der Waals surface area contributed by atoms with Crippen molar-refractivity contribution in [2.75, 3.05) is 5.32 Å². The average Bonchev–Trinajstić information content (AvgIpc) is 2.81. The van der Waals surface area contributed by atoms with E-state index in [1.165, 1.54) is 30.6 Å². The SMILES string of the molecule is O=C(Nc1cn[nH]c1)c1cccc([N+](=O)[O-])c1Br. The summed E-state index contributed by atoms with van der Waals surface area (Å²) >= 11 is 3.06. The van der Waals surface area contributed by atoms with E-state index in [0.717, 1.165) is 0 Å². The molecule has 2 aromatic rings. The predicted octanol–water partition coefficient (Wildman–Crippen LogP) is 2.33. The Morgan fingerprint density at radius 2 is 2.28 bits per heavy atom. The first-order valence-electron chi connectivity index (χ1n) is 4.82. The topological polar surface area (TPSA) is 101 Å². The van der Waals surface area contributed by atoms with Gasteiger partial charge in [-0.25, -0.2) is 0 Å². The number of amides is 1. The molecule has 2 rings (SSSR count). The van der Waals surface area contributed by atoms with Crippen LogP contribution in [0.4, 0.5) is 11.4 Å². The van der Waals surface area contributed by atoms with Gasteiger partial charge in [-0.3, -0.25) is 20.0 Å². The number of halogens is 1. The second-order valence-corrected chi connectivity index (χ2v) is 4.13. The first kappa shape index (κ1) is 12.2. The van der Waals surface area contributed by atoms with E-state index in [2.05, 4.69) is 31.4 Å². The molecule has 0 aliphatic rings. The maximum atomic E-state index is 11.9. The maximum absolute atomic E-state index is 11.9. The summed E-state index contributed by atoms with van der Waals surface area (Å²) in [6, 6.07) is 4.26. The van der Waals surface area contributed by atoms with Crippen molar-refractivity contribution in [1.82, 2.24) is 10.2 Å². The third-order valence-corrected chi connectivity index (χ3v) is 3.01. The molecule has 1 aromatic heterocycles. The summed E-state index contributed by atoms with van der Waals surface area (Å²) in [6.07, 6.45) is 2.94. The minimum Gasteiger partial charge on any atom is -0.319 e. The number of H-pyrrole nitrogens is 1. The maximum Gasteiger partial charge on any atom is 0.284 e.